The first kappa shape index (κ1) is 18.1. The number of thiazole rings is 1. The molecular weight excluding hydrogens is 376 g/mol. The van der Waals surface area contributed by atoms with E-state index in [9.17, 15) is 4.79 Å². The van der Waals surface area contributed by atoms with Crippen LogP contribution in [-0.4, -0.2) is 10.9 Å². The third-order valence-electron chi connectivity index (χ3n) is 5.57. The van der Waals surface area contributed by atoms with Gasteiger partial charge in [-0.3, -0.25) is 4.79 Å². The topological polar surface area (TPSA) is 42.0 Å². The highest BCUT2D eigenvalue weighted by molar-refractivity contribution is 7.14. The van der Waals surface area contributed by atoms with Crippen LogP contribution in [0.25, 0.3) is 22.0 Å². The van der Waals surface area contributed by atoms with Crippen LogP contribution in [0.15, 0.2) is 66.0 Å². The quantitative estimate of drug-likeness (QED) is 0.456. The van der Waals surface area contributed by atoms with Crippen molar-refractivity contribution in [2.75, 3.05) is 5.32 Å². The Balaban J connectivity index is 1.28. The summed E-state index contributed by atoms with van der Waals surface area (Å²) in [5.74, 6) is -0.0355. The van der Waals surface area contributed by atoms with E-state index in [2.05, 4.69) is 52.8 Å². The van der Waals surface area contributed by atoms with Crippen LogP contribution in [0.3, 0.4) is 0 Å². The summed E-state index contributed by atoms with van der Waals surface area (Å²) in [6.07, 6.45) is 5.24. The van der Waals surface area contributed by atoms with Crippen molar-refractivity contribution in [2.24, 2.45) is 0 Å². The normalized spacial score (nSPS) is 13.2. The van der Waals surface area contributed by atoms with Crippen LogP contribution in [-0.2, 0) is 24.1 Å². The van der Waals surface area contributed by atoms with Gasteiger partial charge in [-0.05, 0) is 59.2 Å². The van der Waals surface area contributed by atoms with Crippen molar-refractivity contribution in [1.29, 1.82) is 0 Å². The number of benzene rings is 3. The minimum atomic E-state index is -0.0355. The minimum Gasteiger partial charge on any atom is -0.302 e. The largest absolute Gasteiger partial charge is 0.302 e. The second-order valence-corrected chi connectivity index (χ2v) is 8.49. The molecule has 3 aromatic carbocycles. The van der Waals surface area contributed by atoms with Crippen molar-refractivity contribution >= 4 is 33.1 Å². The van der Waals surface area contributed by atoms with Crippen molar-refractivity contribution in [3.05, 3.63) is 82.7 Å². The van der Waals surface area contributed by atoms with Gasteiger partial charge in [0, 0.05) is 10.9 Å². The maximum Gasteiger partial charge on any atom is 0.230 e. The molecule has 1 heterocycles. The van der Waals surface area contributed by atoms with Crippen molar-refractivity contribution in [1.82, 2.24) is 4.98 Å². The third-order valence-corrected chi connectivity index (χ3v) is 6.33. The van der Waals surface area contributed by atoms with Crippen molar-refractivity contribution in [2.45, 2.75) is 32.1 Å². The van der Waals surface area contributed by atoms with Crippen LogP contribution in [0.2, 0.25) is 0 Å². The number of aryl methyl sites for hydroxylation is 2. The second kappa shape index (κ2) is 7.80. The molecule has 0 unspecified atom stereocenters. The molecule has 0 atom stereocenters. The molecule has 1 amide bonds. The van der Waals surface area contributed by atoms with E-state index < -0.39 is 0 Å². The zero-order chi connectivity index (χ0) is 19.6. The third kappa shape index (κ3) is 3.94. The molecule has 0 fully saturated rings. The van der Waals surface area contributed by atoms with Gasteiger partial charge in [-0.25, -0.2) is 4.98 Å². The van der Waals surface area contributed by atoms with Crippen LogP contribution in [0.1, 0.15) is 29.5 Å². The molecule has 3 nitrogen and oxygen atoms in total. The van der Waals surface area contributed by atoms with Gasteiger partial charge in [0.1, 0.15) is 0 Å². The smallest absolute Gasteiger partial charge is 0.230 e. The van der Waals surface area contributed by atoms with Gasteiger partial charge >= 0.3 is 0 Å². The molecule has 0 bridgehead atoms. The number of nitrogens with one attached hydrogen (secondary N) is 1. The number of carbonyl (C=O) groups excluding carboxylic acids is 1. The molecular formula is C25H22N2OS. The van der Waals surface area contributed by atoms with E-state index in [1.807, 2.05) is 23.6 Å². The fourth-order valence-corrected chi connectivity index (χ4v) is 4.79. The van der Waals surface area contributed by atoms with Gasteiger partial charge in [0.05, 0.1) is 12.1 Å². The number of nitrogens with zero attached hydrogens (tertiary/aromatic N) is 1. The van der Waals surface area contributed by atoms with Gasteiger partial charge in [-0.15, -0.1) is 11.3 Å². The van der Waals surface area contributed by atoms with E-state index in [0.717, 1.165) is 28.6 Å². The fraction of sp³-hybridized carbons (Fsp3) is 0.200. The lowest BCUT2D eigenvalue weighted by Gasteiger charge is -2.16. The summed E-state index contributed by atoms with van der Waals surface area (Å²) in [7, 11) is 0. The summed E-state index contributed by atoms with van der Waals surface area (Å²) < 4.78 is 0. The van der Waals surface area contributed by atoms with Crippen LogP contribution in [0.5, 0.6) is 0 Å². The predicted molar refractivity (Wildman–Crippen MR) is 120 cm³/mol. The molecule has 4 aromatic rings. The number of hydrogen-bond acceptors (Lipinski definition) is 3. The Morgan fingerprint density at radius 1 is 0.931 bits per heavy atom. The minimum absolute atomic E-state index is 0.0355. The molecule has 0 saturated carbocycles. The number of fused-ring (bicyclic) bond motifs is 2. The summed E-state index contributed by atoms with van der Waals surface area (Å²) in [5, 5.41) is 7.98. The fourth-order valence-electron chi connectivity index (χ4n) is 4.05. The highest BCUT2D eigenvalue weighted by Gasteiger charge is 2.13. The van der Waals surface area contributed by atoms with E-state index in [1.165, 1.54) is 47.1 Å². The van der Waals surface area contributed by atoms with Crippen LogP contribution < -0.4 is 5.32 Å². The molecule has 5 rings (SSSR count). The summed E-state index contributed by atoms with van der Waals surface area (Å²) in [6.45, 7) is 0. The summed E-state index contributed by atoms with van der Waals surface area (Å²) in [6, 6.07) is 21.0. The zero-order valence-electron chi connectivity index (χ0n) is 16.2. The van der Waals surface area contributed by atoms with E-state index in [4.69, 9.17) is 0 Å². The monoisotopic (exact) mass is 398 g/mol. The van der Waals surface area contributed by atoms with Gasteiger partial charge in [0.15, 0.2) is 5.13 Å². The molecule has 0 aliphatic heterocycles. The number of hydrogen-bond donors (Lipinski definition) is 1. The first-order chi connectivity index (χ1) is 14.2. The number of carbonyl (C=O) groups is 1. The first-order valence-corrected chi connectivity index (χ1v) is 11.0. The Hall–Kier alpha value is -2.98. The number of aromatic nitrogens is 1. The standard InChI is InChI=1S/C25H22N2OS/c28-24(14-17-9-10-18-5-1-3-7-20(18)13-17)27-25-26-23(16-29-25)22-12-11-19-6-2-4-8-21(19)15-22/h1,3,5,7,9-13,15-16H,2,4,6,8,14H2,(H,26,27,28). The maximum atomic E-state index is 12.5. The summed E-state index contributed by atoms with van der Waals surface area (Å²) in [5.41, 5.74) is 6.00. The highest BCUT2D eigenvalue weighted by atomic mass is 32.1. The second-order valence-electron chi connectivity index (χ2n) is 7.63. The lowest BCUT2D eigenvalue weighted by atomic mass is 9.90. The molecule has 0 radical (unpaired) electrons. The van der Waals surface area contributed by atoms with E-state index in [1.54, 1.807) is 0 Å². The molecule has 0 spiro atoms. The highest BCUT2D eigenvalue weighted by Crippen LogP contribution is 2.29. The first-order valence-electron chi connectivity index (χ1n) is 10.1. The molecule has 1 N–H and O–H groups in total. The van der Waals surface area contributed by atoms with Crippen LogP contribution >= 0.6 is 11.3 Å². The molecule has 1 aromatic heterocycles. The van der Waals surface area contributed by atoms with Gasteiger partial charge in [-0.1, -0.05) is 54.6 Å². The van der Waals surface area contributed by atoms with Gasteiger partial charge in [-0.2, -0.15) is 0 Å². The molecule has 4 heteroatoms. The lowest BCUT2D eigenvalue weighted by molar-refractivity contribution is -0.115. The average molecular weight is 399 g/mol. The van der Waals surface area contributed by atoms with Crippen molar-refractivity contribution < 1.29 is 4.79 Å². The zero-order valence-corrected chi connectivity index (χ0v) is 17.0. The van der Waals surface area contributed by atoms with Gasteiger partial charge in [0.25, 0.3) is 0 Å². The van der Waals surface area contributed by atoms with Crippen molar-refractivity contribution in [3.63, 3.8) is 0 Å². The number of rotatable bonds is 4. The van der Waals surface area contributed by atoms with Crippen LogP contribution in [0, 0.1) is 0 Å². The summed E-state index contributed by atoms with van der Waals surface area (Å²) in [4.78, 5) is 17.2. The molecule has 0 saturated heterocycles. The molecule has 144 valence electrons. The van der Waals surface area contributed by atoms with Gasteiger partial charge < -0.3 is 5.32 Å². The van der Waals surface area contributed by atoms with Gasteiger partial charge in [0.2, 0.25) is 5.91 Å². The number of anilines is 1. The molecule has 1 aliphatic rings. The maximum absolute atomic E-state index is 12.5. The Labute approximate surface area is 174 Å². The Morgan fingerprint density at radius 2 is 1.76 bits per heavy atom. The van der Waals surface area contributed by atoms with Crippen LogP contribution in [0.4, 0.5) is 5.13 Å². The molecule has 29 heavy (non-hydrogen) atoms. The molecule has 1 aliphatic carbocycles. The number of amides is 1. The Kier molecular flexibility index (Phi) is 4.86. The lowest BCUT2D eigenvalue weighted by Crippen LogP contribution is -2.14. The predicted octanol–water partition coefficient (Wildman–Crippen LogP) is 6.02. The van der Waals surface area contributed by atoms with E-state index >= 15 is 0 Å². The van der Waals surface area contributed by atoms with Crippen molar-refractivity contribution in [3.8, 4) is 11.3 Å². The SMILES string of the molecule is O=C(Cc1ccc2ccccc2c1)Nc1nc(-c2ccc3c(c2)CCCC3)cs1. The average Bonchev–Trinajstić information content (AvgIpc) is 3.21. The Bertz CT molecular complexity index is 1190. The summed E-state index contributed by atoms with van der Waals surface area (Å²) >= 11 is 1.48. The Morgan fingerprint density at radius 3 is 2.66 bits per heavy atom. The van der Waals surface area contributed by atoms with E-state index in [-0.39, 0.29) is 5.91 Å². The van der Waals surface area contributed by atoms with E-state index in [0.29, 0.717) is 11.6 Å².